The Balaban J connectivity index is 1.65. The van der Waals surface area contributed by atoms with Gasteiger partial charge in [-0.15, -0.1) is 11.8 Å². The van der Waals surface area contributed by atoms with Gasteiger partial charge in [0.2, 0.25) is 0 Å². The fraction of sp³-hybridized carbons (Fsp3) is 0.294. The first-order chi connectivity index (χ1) is 11.7. The molecule has 2 N–H and O–H groups in total. The molecule has 0 aliphatic carbocycles. The summed E-state index contributed by atoms with van der Waals surface area (Å²) in [6.45, 7) is 1.01. The van der Waals surface area contributed by atoms with Crippen LogP contribution in [0.25, 0.3) is 0 Å². The molecule has 0 aliphatic rings. The minimum Gasteiger partial charge on any atom is -0.356 e. The third-order valence-electron chi connectivity index (χ3n) is 3.18. The SMILES string of the molecule is CN=C(NCCCSc1ccc(F)cc1)NCc1ncccc1F. The number of aromatic nitrogens is 1. The Labute approximate surface area is 144 Å². The molecule has 1 aromatic heterocycles. The minimum atomic E-state index is -0.337. The van der Waals surface area contributed by atoms with E-state index in [-0.39, 0.29) is 18.2 Å². The van der Waals surface area contributed by atoms with Gasteiger partial charge in [0.1, 0.15) is 11.6 Å². The van der Waals surface area contributed by atoms with E-state index < -0.39 is 0 Å². The molecule has 0 aliphatic heterocycles. The van der Waals surface area contributed by atoms with Crippen LogP contribution in [0.5, 0.6) is 0 Å². The monoisotopic (exact) mass is 350 g/mol. The second kappa shape index (κ2) is 9.87. The molecule has 0 atom stereocenters. The van der Waals surface area contributed by atoms with Gasteiger partial charge in [0.25, 0.3) is 0 Å². The van der Waals surface area contributed by atoms with E-state index in [2.05, 4.69) is 20.6 Å². The molecule has 4 nitrogen and oxygen atoms in total. The number of aliphatic imine (C=N–C) groups is 1. The molecule has 0 saturated heterocycles. The molecule has 0 radical (unpaired) electrons. The summed E-state index contributed by atoms with van der Waals surface area (Å²) in [5.74, 6) is 0.952. The second-order valence-corrected chi connectivity index (χ2v) is 6.11. The molecule has 1 aromatic carbocycles. The van der Waals surface area contributed by atoms with E-state index in [4.69, 9.17) is 0 Å². The Morgan fingerprint density at radius 3 is 2.67 bits per heavy atom. The van der Waals surface area contributed by atoms with Crippen molar-refractivity contribution in [2.75, 3.05) is 19.3 Å². The molecular formula is C17H20F2N4S. The second-order valence-electron chi connectivity index (χ2n) is 4.94. The molecule has 0 unspecified atom stereocenters. The summed E-state index contributed by atoms with van der Waals surface area (Å²) in [5.41, 5.74) is 0.354. The van der Waals surface area contributed by atoms with Gasteiger partial charge in [0, 0.05) is 24.7 Å². The lowest BCUT2D eigenvalue weighted by Crippen LogP contribution is -2.37. The molecule has 0 amide bonds. The zero-order chi connectivity index (χ0) is 17.2. The van der Waals surface area contributed by atoms with Crippen molar-refractivity contribution in [2.24, 2.45) is 4.99 Å². The summed E-state index contributed by atoms with van der Waals surface area (Å²) in [7, 11) is 1.66. The van der Waals surface area contributed by atoms with E-state index in [0.717, 1.165) is 23.6 Å². The van der Waals surface area contributed by atoms with Crippen LogP contribution in [0.1, 0.15) is 12.1 Å². The lowest BCUT2D eigenvalue weighted by molar-refractivity contribution is 0.592. The molecule has 1 heterocycles. The van der Waals surface area contributed by atoms with Gasteiger partial charge in [0.05, 0.1) is 12.2 Å². The van der Waals surface area contributed by atoms with Crippen molar-refractivity contribution in [3.63, 3.8) is 0 Å². The summed E-state index contributed by atoms with van der Waals surface area (Å²) in [4.78, 5) is 9.12. The molecule has 24 heavy (non-hydrogen) atoms. The van der Waals surface area contributed by atoms with Crippen LogP contribution in [-0.2, 0) is 6.54 Å². The van der Waals surface area contributed by atoms with Crippen LogP contribution in [0.2, 0.25) is 0 Å². The van der Waals surface area contributed by atoms with Crippen molar-refractivity contribution in [3.8, 4) is 0 Å². The van der Waals surface area contributed by atoms with Gasteiger partial charge in [-0.1, -0.05) is 0 Å². The Morgan fingerprint density at radius 2 is 1.96 bits per heavy atom. The van der Waals surface area contributed by atoms with Gasteiger partial charge in [-0.25, -0.2) is 8.78 Å². The first kappa shape index (κ1) is 18.2. The number of thioether (sulfide) groups is 1. The summed E-state index contributed by atoms with van der Waals surface area (Å²) in [6.07, 6.45) is 2.48. The molecular weight excluding hydrogens is 330 g/mol. The molecule has 128 valence electrons. The lowest BCUT2D eigenvalue weighted by Gasteiger charge is -2.11. The number of hydrogen-bond acceptors (Lipinski definition) is 3. The average Bonchev–Trinajstić information content (AvgIpc) is 2.60. The molecule has 0 spiro atoms. The van der Waals surface area contributed by atoms with Crippen LogP contribution in [-0.4, -0.2) is 30.3 Å². The molecule has 2 aromatic rings. The van der Waals surface area contributed by atoms with Crippen molar-refractivity contribution in [1.82, 2.24) is 15.6 Å². The van der Waals surface area contributed by atoms with E-state index in [1.165, 1.54) is 18.2 Å². The van der Waals surface area contributed by atoms with Crippen molar-refractivity contribution in [1.29, 1.82) is 0 Å². The third kappa shape index (κ3) is 6.16. The smallest absolute Gasteiger partial charge is 0.191 e. The summed E-state index contributed by atoms with van der Waals surface area (Å²) in [5, 5.41) is 6.20. The van der Waals surface area contributed by atoms with Gasteiger partial charge in [-0.2, -0.15) is 0 Å². The Hall–Kier alpha value is -2.15. The third-order valence-corrected chi connectivity index (χ3v) is 4.28. The maximum Gasteiger partial charge on any atom is 0.191 e. The number of hydrogen-bond donors (Lipinski definition) is 2. The van der Waals surface area contributed by atoms with E-state index >= 15 is 0 Å². The highest BCUT2D eigenvalue weighted by Gasteiger charge is 2.03. The Bertz CT molecular complexity index is 662. The van der Waals surface area contributed by atoms with Gasteiger partial charge in [-0.3, -0.25) is 9.98 Å². The van der Waals surface area contributed by atoms with Crippen LogP contribution >= 0.6 is 11.8 Å². The number of nitrogens with zero attached hydrogens (tertiary/aromatic N) is 2. The van der Waals surface area contributed by atoms with Gasteiger partial charge in [0.15, 0.2) is 5.96 Å². The standard InChI is InChI=1S/C17H20F2N4S/c1-20-17(23-12-16-15(19)4-2-9-21-16)22-10-3-11-24-14-7-5-13(18)6-8-14/h2,4-9H,3,10-12H2,1H3,(H2,20,22,23). The van der Waals surface area contributed by atoms with Gasteiger partial charge < -0.3 is 10.6 Å². The largest absolute Gasteiger partial charge is 0.356 e. The van der Waals surface area contributed by atoms with Crippen molar-refractivity contribution in [3.05, 3.63) is 59.9 Å². The van der Waals surface area contributed by atoms with Crippen LogP contribution in [0.4, 0.5) is 8.78 Å². The number of guanidine groups is 1. The number of pyridine rings is 1. The zero-order valence-corrected chi connectivity index (χ0v) is 14.2. The number of nitrogens with one attached hydrogen (secondary N) is 2. The maximum atomic E-state index is 13.5. The summed E-state index contributed by atoms with van der Waals surface area (Å²) < 4.78 is 26.3. The first-order valence-corrected chi connectivity index (χ1v) is 8.60. The van der Waals surface area contributed by atoms with E-state index in [1.807, 2.05) is 0 Å². The van der Waals surface area contributed by atoms with Crippen molar-refractivity contribution < 1.29 is 8.78 Å². The quantitative estimate of drug-likeness (QED) is 0.348. The maximum absolute atomic E-state index is 13.5. The van der Waals surface area contributed by atoms with E-state index in [1.54, 1.807) is 43.2 Å². The predicted molar refractivity (Wildman–Crippen MR) is 94.1 cm³/mol. The summed E-state index contributed by atoms with van der Waals surface area (Å²) >= 11 is 1.67. The molecule has 0 fully saturated rings. The molecule has 0 saturated carbocycles. The normalized spacial score (nSPS) is 11.4. The Morgan fingerprint density at radius 1 is 1.17 bits per heavy atom. The van der Waals surface area contributed by atoms with Crippen LogP contribution in [0.15, 0.2) is 52.5 Å². The topological polar surface area (TPSA) is 49.3 Å². The van der Waals surface area contributed by atoms with E-state index in [0.29, 0.717) is 11.7 Å². The minimum absolute atomic E-state index is 0.222. The van der Waals surface area contributed by atoms with Gasteiger partial charge in [-0.05, 0) is 48.6 Å². The first-order valence-electron chi connectivity index (χ1n) is 7.61. The lowest BCUT2D eigenvalue weighted by atomic mass is 10.3. The molecule has 2 rings (SSSR count). The number of rotatable bonds is 7. The fourth-order valence-electron chi connectivity index (χ4n) is 1.94. The highest BCUT2D eigenvalue weighted by atomic mass is 32.2. The number of halogens is 2. The Kier molecular flexibility index (Phi) is 7.48. The average molecular weight is 350 g/mol. The predicted octanol–water partition coefficient (Wildman–Crippen LogP) is 3.21. The molecule has 7 heteroatoms. The van der Waals surface area contributed by atoms with Crippen LogP contribution in [0, 0.1) is 11.6 Å². The highest BCUT2D eigenvalue weighted by molar-refractivity contribution is 7.99. The van der Waals surface area contributed by atoms with Gasteiger partial charge >= 0.3 is 0 Å². The van der Waals surface area contributed by atoms with Crippen molar-refractivity contribution in [2.45, 2.75) is 17.9 Å². The van der Waals surface area contributed by atoms with Crippen molar-refractivity contribution >= 4 is 17.7 Å². The van der Waals surface area contributed by atoms with E-state index in [9.17, 15) is 8.78 Å². The zero-order valence-electron chi connectivity index (χ0n) is 13.4. The van der Waals surface area contributed by atoms with Crippen LogP contribution in [0.3, 0.4) is 0 Å². The fourth-order valence-corrected chi connectivity index (χ4v) is 2.79. The summed E-state index contributed by atoms with van der Waals surface area (Å²) in [6, 6.07) is 9.41. The highest BCUT2D eigenvalue weighted by Crippen LogP contribution is 2.18. The number of benzene rings is 1. The molecule has 0 bridgehead atoms. The van der Waals surface area contributed by atoms with Crippen LogP contribution < -0.4 is 10.6 Å².